The molecule has 1 N–H and O–H groups in total. The largest absolute Gasteiger partial charge is 0.356 e. The first kappa shape index (κ1) is 12.5. The van der Waals surface area contributed by atoms with Gasteiger partial charge in [0.15, 0.2) is 0 Å². The number of benzene rings is 3. The molecule has 0 aliphatic heterocycles. The molecule has 0 aliphatic carbocycles. The zero-order valence-electron chi connectivity index (χ0n) is 11.5. The van der Waals surface area contributed by atoms with Crippen LogP contribution in [0.15, 0.2) is 72.8 Å². The number of fused-ring (bicyclic) bond motifs is 1. The molecule has 1 nitrogen and oxygen atoms in total. The van der Waals surface area contributed by atoms with Gasteiger partial charge in [0.1, 0.15) is 0 Å². The van der Waals surface area contributed by atoms with Crippen LogP contribution in [0.25, 0.3) is 16.8 Å². The number of hydrogen-bond acceptors (Lipinski definition) is 1. The molecular formula is C19H17N. The summed E-state index contributed by atoms with van der Waals surface area (Å²) in [4.78, 5) is 0. The first-order valence-electron chi connectivity index (χ1n) is 6.84. The number of hydrogen-bond donors (Lipinski definition) is 1. The molecule has 0 spiro atoms. The van der Waals surface area contributed by atoms with Crippen molar-refractivity contribution in [1.29, 1.82) is 0 Å². The highest BCUT2D eigenvalue weighted by Crippen LogP contribution is 2.22. The Morgan fingerprint density at radius 1 is 0.750 bits per heavy atom. The van der Waals surface area contributed by atoms with E-state index in [9.17, 15) is 0 Å². The van der Waals surface area contributed by atoms with Gasteiger partial charge in [-0.25, -0.2) is 0 Å². The van der Waals surface area contributed by atoms with Gasteiger partial charge in [0.05, 0.1) is 0 Å². The van der Waals surface area contributed by atoms with Crippen molar-refractivity contribution in [2.24, 2.45) is 0 Å². The maximum Gasteiger partial charge on any atom is 0.0390 e. The second kappa shape index (κ2) is 5.62. The van der Waals surface area contributed by atoms with Gasteiger partial charge in [0.2, 0.25) is 0 Å². The summed E-state index contributed by atoms with van der Waals surface area (Å²) >= 11 is 0. The van der Waals surface area contributed by atoms with Crippen molar-refractivity contribution in [3.63, 3.8) is 0 Å². The summed E-state index contributed by atoms with van der Waals surface area (Å²) in [5.74, 6) is 0. The highest BCUT2D eigenvalue weighted by Gasteiger charge is 1.97. The average Bonchev–Trinajstić information content (AvgIpc) is 2.49. The van der Waals surface area contributed by atoms with E-state index in [1.54, 1.807) is 0 Å². The first-order chi connectivity index (χ1) is 9.85. The molecule has 3 aromatic carbocycles. The van der Waals surface area contributed by atoms with E-state index < -0.39 is 0 Å². The lowest BCUT2D eigenvalue weighted by Gasteiger charge is -2.08. The molecular weight excluding hydrogens is 242 g/mol. The molecule has 20 heavy (non-hydrogen) atoms. The predicted molar refractivity (Wildman–Crippen MR) is 88.4 cm³/mol. The Labute approximate surface area is 119 Å². The molecule has 1 heteroatoms. The maximum atomic E-state index is 3.44. The van der Waals surface area contributed by atoms with E-state index in [1.807, 2.05) is 13.0 Å². The van der Waals surface area contributed by atoms with Gasteiger partial charge in [-0.3, -0.25) is 0 Å². The van der Waals surface area contributed by atoms with Crippen LogP contribution >= 0.6 is 0 Å². The third-order valence-electron chi connectivity index (χ3n) is 3.31. The summed E-state index contributed by atoms with van der Waals surface area (Å²) in [6, 6.07) is 23.3. The van der Waals surface area contributed by atoms with Crippen LogP contribution in [0.3, 0.4) is 0 Å². The van der Waals surface area contributed by atoms with E-state index in [-0.39, 0.29) is 0 Å². The zero-order chi connectivity index (χ0) is 13.8. The maximum absolute atomic E-state index is 3.44. The fourth-order valence-electron chi connectivity index (χ4n) is 2.30. The Bertz CT molecular complexity index is 739. The quantitative estimate of drug-likeness (QED) is 0.644. The number of allylic oxidation sites excluding steroid dienone is 1. The molecule has 0 radical (unpaired) electrons. The highest BCUT2D eigenvalue weighted by atomic mass is 14.9. The van der Waals surface area contributed by atoms with Gasteiger partial charge in [0, 0.05) is 11.4 Å². The molecule has 0 atom stereocenters. The molecule has 0 fully saturated rings. The van der Waals surface area contributed by atoms with Gasteiger partial charge in [-0.2, -0.15) is 0 Å². The summed E-state index contributed by atoms with van der Waals surface area (Å²) < 4.78 is 0. The Balaban J connectivity index is 1.85. The van der Waals surface area contributed by atoms with E-state index >= 15 is 0 Å². The van der Waals surface area contributed by atoms with E-state index in [1.165, 1.54) is 16.3 Å². The van der Waals surface area contributed by atoms with Crippen molar-refractivity contribution < 1.29 is 0 Å². The summed E-state index contributed by atoms with van der Waals surface area (Å²) in [6.07, 6.45) is 4.14. The standard InChI is InChI=1S/C19H17N/c1-2-5-15-8-11-18(12-9-15)20-19-13-10-16-6-3-4-7-17(16)14-19/h2-14,20H,1H3/b5-2+. The molecule has 0 saturated carbocycles. The van der Waals surface area contributed by atoms with Crippen molar-refractivity contribution in [3.05, 3.63) is 78.4 Å². The number of nitrogens with one attached hydrogen (secondary N) is 1. The van der Waals surface area contributed by atoms with Crippen molar-refractivity contribution in [2.45, 2.75) is 6.92 Å². The van der Waals surface area contributed by atoms with Gasteiger partial charge in [-0.1, -0.05) is 54.6 Å². The van der Waals surface area contributed by atoms with Crippen molar-refractivity contribution >= 4 is 28.2 Å². The summed E-state index contributed by atoms with van der Waals surface area (Å²) in [5.41, 5.74) is 3.44. The van der Waals surface area contributed by atoms with Crippen molar-refractivity contribution in [3.8, 4) is 0 Å². The fraction of sp³-hybridized carbons (Fsp3) is 0.0526. The van der Waals surface area contributed by atoms with Gasteiger partial charge in [-0.15, -0.1) is 0 Å². The second-order valence-corrected chi connectivity index (χ2v) is 4.81. The number of anilines is 2. The van der Waals surface area contributed by atoms with E-state index in [0.29, 0.717) is 0 Å². The minimum atomic E-state index is 1.11. The van der Waals surface area contributed by atoms with Gasteiger partial charge in [-0.05, 0) is 47.5 Å². The molecule has 3 aromatic rings. The molecule has 0 aliphatic rings. The lowest BCUT2D eigenvalue weighted by molar-refractivity contribution is 1.55. The molecule has 0 aromatic heterocycles. The van der Waals surface area contributed by atoms with Crippen LogP contribution in [-0.4, -0.2) is 0 Å². The van der Waals surface area contributed by atoms with Gasteiger partial charge in [0.25, 0.3) is 0 Å². The smallest absolute Gasteiger partial charge is 0.0390 e. The molecule has 0 saturated heterocycles. The van der Waals surface area contributed by atoms with Crippen molar-refractivity contribution in [1.82, 2.24) is 0 Å². The van der Waals surface area contributed by atoms with E-state index in [0.717, 1.165) is 11.4 Å². The molecule has 0 bridgehead atoms. The molecule has 0 heterocycles. The third-order valence-corrected chi connectivity index (χ3v) is 3.31. The Morgan fingerprint density at radius 2 is 1.45 bits per heavy atom. The Morgan fingerprint density at radius 3 is 2.20 bits per heavy atom. The SMILES string of the molecule is C/C=C/c1ccc(Nc2ccc3ccccc3c2)cc1. The summed E-state index contributed by atoms with van der Waals surface area (Å²) in [6.45, 7) is 2.03. The average molecular weight is 259 g/mol. The summed E-state index contributed by atoms with van der Waals surface area (Å²) in [5, 5.41) is 5.96. The highest BCUT2D eigenvalue weighted by molar-refractivity contribution is 5.86. The van der Waals surface area contributed by atoms with Crippen LogP contribution in [-0.2, 0) is 0 Å². The first-order valence-corrected chi connectivity index (χ1v) is 6.84. The molecule has 98 valence electrons. The van der Waals surface area contributed by atoms with Crippen LogP contribution in [0.5, 0.6) is 0 Å². The molecule has 0 amide bonds. The summed E-state index contributed by atoms with van der Waals surface area (Å²) in [7, 11) is 0. The van der Waals surface area contributed by atoms with Crippen LogP contribution in [0.4, 0.5) is 11.4 Å². The topological polar surface area (TPSA) is 12.0 Å². The normalized spacial score (nSPS) is 11.1. The monoisotopic (exact) mass is 259 g/mol. The van der Waals surface area contributed by atoms with Gasteiger partial charge < -0.3 is 5.32 Å². The van der Waals surface area contributed by atoms with Gasteiger partial charge >= 0.3 is 0 Å². The second-order valence-electron chi connectivity index (χ2n) is 4.81. The Kier molecular flexibility index (Phi) is 3.51. The Hall–Kier alpha value is -2.54. The lowest BCUT2D eigenvalue weighted by Crippen LogP contribution is -1.90. The number of rotatable bonds is 3. The van der Waals surface area contributed by atoms with E-state index in [4.69, 9.17) is 0 Å². The molecule has 3 rings (SSSR count). The van der Waals surface area contributed by atoms with E-state index in [2.05, 4.69) is 78.1 Å². The van der Waals surface area contributed by atoms with Crippen LogP contribution in [0.1, 0.15) is 12.5 Å². The van der Waals surface area contributed by atoms with Crippen LogP contribution in [0, 0.1) is 0 Å². The minimum absolute atomic E-state index is 1.11. The van der Waals surface area contributed by atoms with Crippen LogP contribution in [0.2, 0.25) is 0 Å². The third kappa shape index (κ3) is 2.72. The zero-order valence-corrected chi connectivity index (χ0v) is 11.5. The predicted octanol–water partition coefficient (Wildman–Crippen LogP) is 5.62. The fourth-order valence-corrected chi connectivity index (χ4v) is 2.30. The molecule has 0 unspecified atom stereocenters. The minimum Gasteiger partial charge on any atom is -0.356 e. The van der Waals surface area contributed by atoms with Crippen LogP contribution < -0.4 is 5.32 Å². The lowest BCUT2D eigenvalue weighted by atomic mass is 10.1. The van der Waals surface area contributed by atoms with Crippen molar-refractivity contribution in [2.75, 3.05) is 5.32 Å².